The van der Waals surface area contributed by atoms with Crippen molar-refractivity contribution in [2.75, 3.05) is 5.32 Å². The molecule has 1 aromatic carbocycles. The van der Waals surface area contributed by atoms with Gasteiger partial charge in [-0.3, -0.25) is 9.48 Å². The number of carbonyl (C=O) groups is 1. The summed E-state index contributed by atoms with van der Waals surface area (Å²) >= 11 is 3.44. The van der Waals surface area contributed by atoms with Gasteiger partial charge >= 0.3 is 0 Å². The highest BCUT2D eigenvalue weighted by Crippen LogP contribution is 2.38. The largest absolute Gasteiger partial charge is 0.311 e. The molecule has 5 heteroatoms. The Bertz CT molecular complexity index is 645. The number of rotatable bonds is 1. The van der Waals surface area contributed by atoms with Crippen LogP contribution >= 0.6 is 15.9 Å². The molecule has 1 aliphatic heterocycles. The number of nitrogens with one attached hydrogen (secondary N) is 1. The Morgan fingerprint density at radius 3 is 2.74 bits per heavy atom. The van der Waals surface area contributed by atoms with Crippen molar-refractivity contribution in [2.45, 2.75) is 19.3 Å². The molecule has 0 saturated heterocycles. The first-order chi connectivity index (χ1) is 9.06. The molecule has 1 aromatic heterocycles. The van der Waals surface area contributed by atoms with Gasteiger partial charge in [0, 0.05) is 29.4 Å². The Kier molecular flexibility index (Phi) is 2.93. The highest BCUT2D eigenvalue weighted by atomic mass is 79.9. The van der Waals surface area contributed by atoms with E-state index in [0.717, 1.165) is 27.1 Å². The molecule has 19 heavy (non-hydrogen) atoms. The molecule has 3 rings (SSSR count). The van der Waals surface area contributed by atoms with Crippen LogP contribution in [-0.2, 0) is 11.8 Å². The van der Waals surface area contributed by atoms with E-state index in [1.807, 2.05) is 26.1 Å². The minimum Gasteiger partial charge on any atom is -0.311 e. The third-order valence-electron chi connectivity index (χ3n) is 3.54. The van der Waals surface area contributed by atoms with Gasteiger partial charge in [-0.1, -0.05) is 28.1 Å². The lowest BCUT2D eigenvalue weighted by atomic mass is 9.86. The number of anilines is 1. The van der Waals surface area contributed by atoms with Crippen LogP contribution in [0.3, 0.4) is 0 Å². The second-order valence-corrected chi connectivity index (χ2v) is 5.74. The predicted molar refractivity (Wildman–Crippen MR) is 77.2 cm³/mol. The molecule has 4 nitrogen and oxygen atoms in total. The SMILES string of the molecule is Cc1nn(C)c2c1[C@H](c1ccc(Br)cc1)CC(=O)N2. The number of fused-ring (bicyclic) bond motifs is 1. The monoisotopic (exact) mass is 319 g/mol. The van der Waals surface area contributed by atoms with Crippen molar-refractivity contribution in [1.82, 2.24) is 9.78 Å². The Balaban J connectivity index is 2.13. The summed E-state index contributed by atoms with van der Waals surface area (Å²) in [6.07, 6.45) is 0.473. The van der Waals surface area contributed by atoms with Crippen molar-refractivity contribution >= 4 is 27.7 Å². The van der Waals surface area contributed by atoms with Gasteiger partial charge in [-0.2, -0.15) is 5.10 Å². The molecule has 0 radical (unpaired) electrons. The van der Waals surface area contributed by atoms with Gasteiger partial charge in [0.25, 0.3) is 0 Å². The molecule has 98 valence electrons. The number of hydrogen-bond donors (Lipinski definition) is 1. The van der Waals surface area contributed by atoms with Gasteiger partial charge in [0.15, 0.2) is 0 Å². The summed E-state index contributed by atoms with van der Waals surface area (Å²) in [4.78, 5) is 11.9. The highest BCUT2D eigenvalue weighted by Gasteiger charge is 2.31. The van der Waals surface area contributed by atoms with Gasteiger partial charge in [-0.05, 0) is 24.6 Å². The fraction of sp³-hybridized carbons (Fsp3) is 0.286. The second-order valence-electron chi connectivity index (χ2n) is 4.83. The zero-order chi connectivity index (χ0) is 13.6. The molecule has 0 aliphatic carbocycles. The van der Waals surface area contributed by atoms with Crippen LogP contribution in [0.1, 0.15) is 29.2 Å². The first-order valence-corrected chi connectivity index (χ1v) is 6.94. The third-order valence-corrected chi connectivity index (χ3v) is 4.07. The highest BCUT2D eigenvalue weighted by molar-refractivity contribution is 9.10. The molecule has 1 amide bonds. The zero-order valence-electron chi connectivity index (χ0n) is 10.8. The number of nitrogens with zero attached hydrogens (tertiary/aromatic N) is 2. The lowest BCUT2D eigenvalue weighted by Gasteiger charge is -2.24. The van der Waals surface area contributed by atoms with Crippen LogP contribution in [0.15, 0.2) is 28.7 Å². The molecule has 2 heterocycles. The molecule has 0 saturated carbocycles. The molecule has 1 N–H and O–H groups in total. The number of hydrogen-bond acceptors (Lipinski definition) is 2. The van der Waals surface area contributed by atoms with E-state index < -0.39 is 0 Å². The summed E-state index contributed by atoms with van der Waals surface area (Å²) in [5.41, 5.74) is 3.25. The van der Waals surface area contributed by atoms with Crippen molar-refractivity contribution in [3.05, 3.63) is 45.6 Å². The van der Waals surface area contributed by atoms with Crippen LogP contribution < -0.4 is 5.32 Å². The molecule has 2 aromatic rings. The molecular weight excluding hydrogens is 306 g/mol. The van der Waals surface area contributed by atoms with Gasteiger partial charge < -0.3 is 5.32 Å². The summed E-state index contributed by atoms with van der Waals surface area (Å²) < 4.78 is 2.78. The number of halogens is 1. The van der Waals surface area contributed by atoms with E-state index in [9.17, 15) is 4.79 Å². The van der Waals surface area contributed by atoms with Crippen molar-refractivity contribution in [3.63, 3.8) is 0 Å². The summed E-state index contributed by atoms with van der Waals surface area (Å²) in [5.74, 6) is 0.954. The lowest BCUT2D eigenvalue weighted by molar-refractivity contribution is -0.116. The second kappa shape index (κ2) is 4.49. The number of benzene rings is 1. The van der Waals surface area contributed by atoms with Crippen LogP contribution in [0.2, 0.25) is 0 Å². The van der Waals surface area contributed by atoms with Gasteiger partial charge in [0.2, 0.25) is 5.91 Å². The van der Waals surface area contributed by atoms with Gasteiger partial charge in [-0.25, -0.2) is 0 Å². The maximum Gasteiger partial charge on any atom is 0.226 e. The lowest BCUT2D eigenvalue weighted by Crippen LogP contribution is -2.24. The van der Waals surface area contributed by atoms with Crippen LogP contribution in [0.4, 0.5) is 5.82 Å². The maximum atomic E-state index is 11.9. The van der Waals surface area contributed by atoms with Crippen LogP contribution in [0.5, 0.6) is 0 Å². The standard InChI is InChI=1S/C14H14BrN3O/c1-8-13-11(9-3-5-10(15)6-4-9)7-12(19)16-14(13)18(2)17-8/h3-6,11H,7H2,1-2H3,(H,16,19)/t11-/m0/s1. The fourth-order valence-corrected chi connectivity index (χ4v) is 2.95. The van der Waals surface area contributed by atoms with E-state index in [4.69, 9.17) is 0 Å². The minimum atomic E-state index is 0.0448. The average Bonchev–Trinajstić information content (AvgIpc) is 2.65. The Morgan fingerprint density at radius 1 is 1.37 bits per heavy atom. The maximum absolute atomic E-state index is 11.9. The molecule has 1 atom stereocenters. The normalized spacial score (nSPS) is 18.1. The Hall–Kier alpha value is -1.62. The van der Waals surface area contributed by atoms with E-state index in [1.165, 1.54) is 0 Å². The number of carbonyl (C=O) groups excluding carboxylic acids is 1. The Labute approximate surface area is 119 Å². The molecule has 0 bridgehead atoms. The van der Waals surface area contributed by atoms with Crippen LogP contribution in [0.25, 0.3) is 0 Å². The van der Waals surface area contributed by atoms with Crippen LogP contribution in [0, 0.1) is 6.92 Å². The molecule has 0 fully saturated rings. The molecule has 0 spiro atoms. The van der Waals surface area contributed by atoms with E-state index in [2.05, 4.69) is 38.5 Å². The first-order valence-electron chi connectivity index (χ1n) is 6.15. The molecular formula is C14H14BrN3O. The number of amides is 1. The van der Waals surface area contributed by atoms with Crippen molar-refractivity contribution in [1.29, 1.82) is 0 Å². The zero-order valence-corrected chi connectivity index (χ0v) is 12.4. The smallest absolute Gasteiger partial charge is 0.226 e. The molecule has 1 aliphatic rings. The van der Waals surface area contributed by atoms with Crippen molar-refractivity contribution < 1.29 is 4.79 Å². The van der Waals surface area contributed by atoms with Crippen molar-refractivity contribution in [3.8, 4) is 0 Å². The van der Waals surface area contributed by atoms with E-state index >= 15 is 0 Å². The fourth-order valence-electron chi connectivity index (χ4n) is 2.69. The Morgan fingerprint density at radius 2 is 2.05 bits per heavy atom. The average molecular weight is 320 g/mol. The summed E-state index contributed by atoms with van der Waals surface area (Å²) in [6, 6.07) is 8.13. The summed E-state index contributed by atoms with van der Waals surface area (Å²) in [5, 5.41) is 7.33. The van der Waals surface area contributed by atoms with Crippen molar-refractivity contribution in [2.24, 2.45) is 7.05 Å². The first kappa shape index (κ1) is 12.4. The predicted octanol–water partition coefficient (Wildman–Crippen LogP) is 2.97. The quantitative estimate of drug-likeness (QED) is 0.878. The number of aromatic nitrogens is 2. The van der Waals surface area contributed by atoms with E-state index in [1.54, 1.807) is 4.68 Å². The summed E-state index contributed by atoms with van der Waals surface area (Å²) in [6.45, 7) is 1.99. The van der Waals surface area contributed by atoms with E-state index in [0.29, 0.717) is 6.42 Å². The minimum absolute atomic E-state index is 0.0448. The van der Waals surface area contributed by atoms with Gasteiger partial charge in [0.1, 0.15) is 5.82 Å². The topological polar surface area (TPSA) is 46.9 Å². The summed E-state index contributed by atoms with van der Waals surface area (Å²) in [7, 11) is 1.86. The van der Waals surface area contributed by atoms with Gasteiger partial charge in [0.05, 0.1) is 5.69 Å². The number of aryl methyl sites for hydroxylation is 2. The third kappa shape index (κ3) is 2.08. The van der Waals surface area contributed by atoms with Crippen LogP contribution in [-0.4, -0.2) is 15.7 Å². The molecule has 0 unspecified atom stereocenters. The van der Waals surface area contributed by atoms with E-state index in [-0.39, 0.29) is 11.8 Å². The van der Waals surface area contributed by atoms with Gasteiger partial charge in [-0.15, -0.1) is 0 Å².